The second kappa shape index (κ2) is 9.34. The smallest absolute Gasteiger partial charge is 0.386 e. The van der Waals surface area contributed by atoms with Gasteiger partial charge in [-0.2, -0.15) is 4.57 Å². The molecule has 4 aromatic carbocycles. The van der Waals surface area contributed by atoms with Crippen LogP contribution in [-0.4, -0.2) is 0 Å². The Morgan fingerprint density at radius 1 is 0.467 bits per heavy atom. The topological polar surface area (TPSA) is 44.8 Å². The zero-order chi connectivity index (χ0) is 20.7. The van der Waals surface area contributed by atoms with E-state index in [0.717, 1.165) is 12.0 Å². The molecule has 150 valence electrons. The maximum atomic E-state index is 13.4. The van der Waals surface area contributed by atoms with Gasteiger partial charge in [-0.3, -0.25) is 0 Å². The van der Waals surface area contributed by atoms with Crippen LogP contribution in [0.3, 0.4) is 0 Å². The van der Waals surface area contributed by atoms with Crippen LogP contribution in [0.1, 0.15) is 11.1 Å². The SMILES string of the molecule is O=P(Oc1ccccc1)(Oc1ccccc1)Oc1ccc(Cc2ccccc2)cc1. The third kappa shape index (κ3) is 5.53. The van der Waals surface area contributed by atoms with E-state index in [1.54, 1.807) is 60.7 Å². The molecule has 4 aromatic rings. The van der Waals surface area contributed by atoms with E-state index >= 15 is 0 Å². The molecule has 0 fully saturated rings. The Hall–Kier alpha value is -3.49. The lowest BCUT2D eigenvalue weighted by atomic mass is 10.1. The lowest BCUT2D eigenvalue weighted by Gasteiger charge is -2.19. The van der Waals surface area contributed by atoms with Gasteiger partial charge < -0.3 is 13.6 Å². The molecule has 0 aliphatic rings. The van der Waals surface area contributed by atoms with E-state index in [4.69, 9.17) is 13.6 Å². The molecule has 0 unspecified atom stereocenters. The number of phosphoric acid groups is 1. The van der Waals surface area contributed by atoms with E-state index in [-0.39, 0.29) is 0 Å². The van der Waals surface area contributed by atoms with Crippen molar-refractivity contribution in [3.63, 3.8) is 0 Å². The van der Waals surface area contributed by atoms with Gasteiger partial charge in [0.25, 0.3) is 0 Å². The van der Waals surface area contributed by atoms with Gasteiger partial charge in [0.2, 0.25) is 0 Å². The quantitative estimate of drug-likeness (QED) is 0.292. The van der Waals surface area contributed by atoms with E-state index in [1.807, 2.05) is 42.5 Å². The molecule has 0 bridgehead atoms. The average molecular weight is 416 g/mol. The molecule has 30 heavy (non-hydrogen) atoms. The van der Waals surface area contributed by atoms with Gasteiger partial charge in [-0.15, -0.1) is 0 Å². The standard InChI is InChI=1S/C25H21O4P/c26-30(27-23-12-6-2-7-13-23,28-24-14-8-3-9-15-24)29-25-18-16-22(17-19-25)20-21-10-4-1-5-11-21/h1-19H,20H2. The first-order valence-corrected chi connectivity index (χ1v) is 11.1. The fourth-order valence-corrected chi connectivity index (χ4v) is 4.16. The zero-order valence-electron chi connectivity index (χ0n) is 16.3. The largest absolute Gasteiger partial charge is 0.647 e. The van der Waals surface area contributed by atoms with Crippen molar-refractivity contribution in [3.05, 3.63) is 126 Å². The third-order valence-corrected chi connectivity index (χ3v) is 5.62. The minimum absolute atomic E-state index is 0.400. The summed E-state index contributed by atoms with van der Waals surface area (Å²) in [5.41, 5.74) is 2.34. The zero-order valence-corrected chi connectivity index (χ0v) is 17.2. The summed E-state index contributed by atoms with van der Waals surface area (Å²) in [6, 6.07) is 35.3. The van der Waals surface area contributed by atoms with E-state index in [1.165, 1.54) is 5.56 Å². The van der Waals surface area contributed by atoms with Crippen LogP contribution in [0.25, 0.3) is 0 Å². The maximum Gasteiger partial charge on any atom is 0.647 e. The highest BCUT2D eigenvalue weighted by molar-refractivity contribution is 7.49. The monoisotopic (exact) mass is 416 g/mol. The summed E-state index contributed by atoms with van der Waals surface area (Å²) in [7, 11) is -3.97. The molecule has 0 heterocycles. The van der Waals surface area contributed by atoms with Crippen LogP contribution in [0.4, 0.5) is 0 Å². The second-order valence-electron chi connectivity index (χ2n) is 6.65. The Morgan fingerprint density at radius 3 is 1.30 bits per heavy atom. The Bertz CT molecular complexity index is 1050. The van der Waals surface area contributed by atoms with Crippen molar-refractivity contribution in [3.8, 4) is 17.2 Å². The first-order valence-electron chi connectivity index (χ1n) is 9.60. The summed E-state index contributed by atoms with van der Waals surface area (Å²) in [5.74, 6) is 1.21. The van der Waals surface area contributed by atoms with Gasteiger partial charge in [-0.05, 0) is 53.9 Å². The van der Waals surface area contributed by atoms with Crippen molar-refractivity contribution in [2.75, 3.05) is 0 Å². The molecule has 0 N–H and O–H groups in total. The molecule has 4 nitrogen and oxygen atoms in total. The van der Waals surface area contributed by atoms with E-state index in [2.05, 4.69) is 12.1 Å². The van der Waals surface area contributed by atoms with Gasteiger partial charge in [0.15, 0.2) is 0 Å². The molecule has 0 atom stereocenters. The van der Waals surface area contributed by atoms with Gasteiger partial charge in [0.1, 0.15) is 17.2 Å². The highest BCUT2D eigenvalue weighted by Crippen LogP contribution is 2.49. The summed E-state index contributed by atoms with van der Waals surface area (Å²) in [5, 5.41) is 0. The minimum atomic E-state index is -3.97. The van der Waals surface area contributed by atoms with Gasteiger partial charge in [0, 0.05) is 0 Å². The van der Waals surface area contributed by atoms with Crippen molar-refractivity contribution in [2.45, 2.75) is 6.42 Å². The Morgan fingerprint density at radius 2 is 0.833 bits per heavy atom. The summed E-state index contributed by atoms with van der Waals surface area (Å²) in [6.07, 6.45) is 0.805. The molecule has 4 rings (SSSR count). The number of phosphoric ester groups is 1. The number of hydrogen-bond acceptors (Lipinski definition) is 4. The third-order valence-electron chi connectivity index (χ3n) is 4.31. The van der Waals surface area contributed by atoms with Crippen molar-refractivity contribution in [1.29, 1.82) is 0 Å². The van der Waals surface area contributed by atoms with Crippen molar-refractivity contribution >= 4 is 7.82 Å². The lowest BCUT2D eigenvalue weighted by Crippen LogP contribution is -2.07. The van der Waals surface area contributed by atoms with Crippen molar-refractivity contribution < 1.29 is 18.1 Å². The van der Waals surface area contributed by atoms with Gasteiger partial charge in [-0.25, -0.2) is 0 Å². The molecule has 0 aliphatic heterocycles. The van der Waals surface area contributed by atoms with Crippen LogP contribution in [0.15, 0.2) is 115 Å². The molecule has 0 saturated heterocycles. The normalized spacial score (nSPS) is 10.9. The highest BCUT2D eigenvalue weighted by Gasteiger charge is 2.33. The summed E-state index contributed by atoms with van der Waals surface area (Å²) >= 11 is 0. The molecule has 0 spiro atoms. The minimum Gasteiger partial charge on any atom is -0.386 e. The molecular weight excluding hydrogens is 395 g/mol. The van der Waals surface area contributed by atoms with Crippen LogP contribution in [0.5, 0.6) is 17.2 Å². The molecular formula is C25H21O4P. The average Bonchev–Trinajstić information content (AvgIpc) is 2.77. The van der Waals surface area contributed by atoms with E-state index in [0.29, 0.717) is 17.2 Å². The second-order valence-corrected chi connectivity index (χ2v) is 8.10. The predicted octanol–water partition coefficient (Wildman–Crippen LogP) is 6.92. The van der Waals surface area contributed by atoms with E-state index < -0.39 is 7.82 Å². The fourth-order valence-electron chi connectivity index (χ4n) is 2.91. The Labute approximate surface area is 176 Å². The summed E-state index contributed by atoms with van der Waals surface area (Å²) < 4.78 is 30.5. The molecule has 5 heteroatoms. The molecule has 0 saturated carbocycles. The molecule has 0 aliphatic carbocycles. The van der Waals surface area contributed by atoms with Crippen LogP contribution in [-0.2, 0) is 11.0 Å². The van der Waals surface area contributed by atoms with Gasteiger partial charge in [-0.1, -0.05) is 78.9 Å². The Balaban J connectivity index is 1.52. The van der Waals surface area contributed by atoms with Crippen LogP contribution >= 0.6 is 7.82 Å². The maximum absolute atomic E-state index is 13.4. The number of benzene rings is 4. The lowest BCUT2D eigenvalue weighted by molar-refractivity contribution is 0.298. The number of rotatable bonds is 8. The number of hydrogen-bond donors (Lipinski definition) is 0. The van der Waals surface area contributed by atoms with Crippen LogP contribution < -0.4 is 13.6 Å². The molecule has 0 aromatic heterocycles. The number of para-hydroxylation sites is 2. The van der Waals surface area contributed by atoms with Gasteiger partial charge in [0.05, 0.1) is 0 Å². The first kappa shape index (κ1) is 19.8. The van der Waals surface area contributed by atoms with Crippen LogP contribution in [0, 0.1) is 0 Å². The Kier molecular flexibility index (Phi) is 6.17. The molecule has 0 radical (unpaired) electrons. The first-order chi connectivity index (χ1) is 14.7. The van der Waals surface area contributed by atoms with Crippen molar-refractivity contribution in [1.82, 2.24) is 0 Å². The van der Waals surface area contributed by atoms with E-state index in [9.17, 15) is 4.57 Å². The fraction of sp³-hybridized carbons (Fsp3) is 0.0400. The summed E-state index contributed by atoms with van der Waals surface area (Å²) in [6.45, 7) is 0. The predicted molar refractivity (Wildman–Crippen MR) is 118 cm³/mol. The summed E-state index contributed by atoms with van der Waals surface area (Å²) in [4.78, 5) is 0. The highest BCUT2D eigenvalue weighted by atomic mass is 31.2. The molecule has 0 amide bonds. The van der Waals surface area contributed by atoms with Crippen LogP contribution in [0.2, 0.25) is 0 Å². The van der Waals surface area contributed by atoms with Crippen molar-refractivity contribution in [2.24, 2.45) is 0 Å². The van der Waals surface area contributed by atoms with Gasteiger partial charge >= 0.3 is 7.82 Å².